The number of aliphatic hydroxyl groups excluding tert-OH is 1. The zero-order valence-electron chi connectivity index (χ0n) is 21.3. The maximum atomic E-state index is 13.0. The van der Waals surface area contributed by atoms with Gasteiger partial charge in [-0.1, -0.05) is 34.1 Å². The Balaban J connectivity index is 5.44. The van der Waals surface area contributed by atoms with Crippen LogP contribution < -0.4 is 33.2 Å². The van der Waals surface area contributed by atoms with Crippen molar-refractivity contribution in [3.8, 4) is 0 Å². The SMILES string of the molecule is CCC(C)C(NC(=O)C(NC(=O)C(N)CC(C)C)C(C)O)C(=O)NC(CCCN=C(N)N)C(=O)O. The summed E-state index contributed by atoms with van der Waals surface area (Å²) in [5.74, 6) is -3.68. The quantitative estimate of drug-likeness (QED) is 0.0688. The van der Waals surface area contributed by atoms with Crippen molar-refractivity contribution in [2.75, 3.05) is 6.54 Å². The van der Waals surface area contributed by atoms with Gasteiger partial charge in [0.1, 0.15) is 18.1 Å². The van der Waals surface area contributed by atoms with Crippen molar-refractivity contribution >= 4 is 29.7 Å². The zero-order valence-corrected chi connectivity index (χ0v) is 21.3. The Hall–Kier alpha value is -2.93. The van der Waals surface area contributed by atoms with Crippen LogP contribution in [-0.2, 0) is 19.2 Å². The molecular weight excluding hydrogens is 458 g/mol. The van der Waals surface area contributed by atoms with E-state index in [0.29, 0.717) is 19.3 Å². The van der Waals surface area contributed by atoms with Crippen molar-refractivity contribution in [3.05, 3.63) is 0 Å². The summed E-state index contributed by atoms with van der Waals surface area (Å²) in [5, 5.41) is 27.0. The fourth-order valence-electron chi connectivity index (χ4n) is 3.25. The van der Waals surface area contributed by atoms with E-state index in [1.165, 1.54) is 6.92 Å². The van der Waals surface area contributed by atoms with Crippen LogP contribution >= 0.6 is 0 Å². The molecule has 0 rings (SSSR count). The molecule has 0 heterocycles. The summed E-state index contributed by atoms with van der Waals surface area (Å²) in [7, 11) is 0. The second kappa shape index (κ2) is 15.9. The van der Waals surface area contributed by atoms with Crippen LogP contribution in [0.4, 0.5) is 0 Å². The summed E-state index contributed by atoms with van der Waals surface area (Å²) in [5.41, 5.74) is 16.4. The van der Waals surface area contributed by atoms with E-state index in [0.717, 1.165) is 0 Å². The van der Waals surface area contributed by atoms with Gasteiger partial charge in [0.15, 0.2) is 5.96 Å². The molecule has 11 N–H and O–H groups in total. The van der Waals surface area contributed by atoms with Gasteiger partial charge in [-0.25, -0.2) is 4.79 Å². The summed E-state index contributed by atoms with van der Waals surface area (Å²) in [6.07, 6.45) is -0.0157. The molecule has 3 amide bonds. The Morgan fingerprint density at radius 3 is 1.91 bits per heavy atom. The van der Waals surface area contributed by atoms with E-state index in [1.54, 1.807) is 13.8 Å². The zero-order chi connectivity index (χ0) is 27.3. The Morgan fingerprint density at radius 2 is 1.46 bits per heavy atom. The third-order valence-electron chi connectivity index (χ3n) is 5.48. The highest BCUT2D eigenvalue weighted by molar-refractivity contribution is 5.94. The molecule has 35 heavy (non-hydrogen) atoms. The Kier molecular flexibility index (Phi) is 14.5. The number of hydrogen-bond donors (Lipinski definition) is 8. The average Bonchev–Trinajstić information content (AvgIpc) is 2.75. The molecule has 0 aliphatic carbocycles. The highest BCUT2D eigenvalue weighted by Gasteiger charge is 2.34. The highest BCUT2D eigenvalue weighted by atomic mass is 16.4. The minimum Gasteiger partial charge on any atom is -0.480 e. The van der Waals surface area contributed by atoms with Crippen LogP contribution in [0.1, 0.15) is 60.3 Å². The smallest absolute Gasteiger partial charge is 0.326 e. The molecule has 0 aromatic carbocycles. The predicted molar refractivity (Wildman–Crippen MR) is 132 cm³/mol. The first-order chi connectivity index (χ1) is 16.2. The van der Waals surface area contributed by atoms with Crippen molar-refractivity contribution in [1.29, 1.82) is 0 Å². The van der Waals surface area contributed by atoms with Gasteiger partial charge < -0.3 is 43.4 Å². The number of nitrogens with zero attached hydrogens (tertiary/aromatic N) is 1. The van der Waals surface area contributed by atoms with E-state index in [1.807, 2.05) is 13.8 Å². The lowest BCUT2D eigenvalue weighted by atomic mass is 9.96. The number of guanidine groups is 1. The van der Waals surface area contributed by atoms with Gasteiger partial charge in [0.2, 0.25) is 17.7 Å². The lowest BCUT2D eigenvalue weighted by Crippen LogP contribution is -2.61. The molecule has 0 aromatic rings. The number of carbonyl (C=O) groups excluding carboxylic acids is 3. The number of carboxylic acids is 1. The molecule has 13 heteroatoms. The van der Waals surface area contributed by atoms with Crippen LogP contribution in [0.2, 0.25) is 0 Å². The number of amides is 3. The molecule has 0 bridgehead atoms. The Labute approximate surface area is 206 Å². The van der Waals surface area contributed by atoms with E-state index < -0.39 is 54.0 Å². The predicted octanol–water partition coefficient (Wildman–Crippen LogP) is -1.62. The third-order valence-corrected chi connectivity index (χ3v) is 5.48. The summed E-state index contributed by atoms with van der Waals surface area (Å²) in [4.78, 5) is 53.7. The molecule has 0 spiro atoms. The standard InChI is InChI=1S/C22H43N7O6/c1-6-12(4)16(19(32)27-15(21(34)35)8-7-9-26-22(24)25)28-20(33)17(13(5)30)29-18(31)14(23)10-11(2)3/h11-17,30H,6-10,23H2,1-5H3,(H,27,32)(H,28,33)(H,29,31)(H,34,35)(H4,24,25,26). The second-order valence-electron chi connectivity index (χ2n) is 9.18. The van der Waals surface area contributed by atoms with Crippen LogP contribution in [0.25, 0.3) is 0 Å². The highest BCUT2D eigenvalue weighted by Crippen LogP contribution is 2.11. The third kappa shape index (κ3) is 12.4. The van der Waals surface area contributed by atoms with Crippen LogP contribution in [0.3, 0.4) is 0 Å². The number of carboxylic acid groups (broad SMARTS) is 1. The van der Waals surface area contributed by atoms with Crippen LogP contribution in [0.5, 0.6) is 0 Å². The second-order valence-corrected chi connectivity index (χ2v) is 9.18. The Bertz CT molecular complexity index is 740. The number of aliphatic hydroxyl groups is 1. The first-order valence-electron chi connectivity index (χ1n) is 11.8. The largest absolute Gasteiger partial charge is 0.480 e. The fourth-order valence-corrected chi connectivity index (χ4v) is 3.25. The van der Waals surface area contributed by atoms with E-state index in [2.05, 4.69) is 20.9 Å². The van der Waals surface area contributed by atoms with Crippen LogP contribution in [0.15, 0.2) is 4.99 Å². The Morgan fingerprint density at radius 1 is 0.914 bits per heavy atom. The number of aliphatic carboxylic acids is 1. The molecule has 202 valence electrons. The van der Waals surface area contributed by atoms with Crippen molar-refractivity contribution in [3.63, 3.8) is 0 Å². The number of nitrogens with one attached hydrogen (secondary N) is 3. The number of aliphatic imine (C=N–C) groups is 1. The molecule has 0 aliphatic rings. The lowest BCUT2D eigenvalue weighted by molar-refractivity contribution is -0.143. The van der Waals surface area contributed by atoms with Gasteiger partial charge in [-0.15, -0.1) is 0 Å². The number of rotatable bonds is 16. The summed E-state index contributed by atoms with van der Waals surface area (Å²) < 4.78 is 0. The average molecular weight is 502 g/mol. The molecule has 0 aliphatic heterocycles. The van der Waals surface area contributed by atoms with Gasteiger partial charge in [0.05, 0.1) is 12.1 Å². The molecular formula is C22H43N7O6. The minimum absolute atomic E-state index is 0.0686. The van der Waals surface area contributed by atoms with Gasteiger partial charge in [-0.2, -0.15) is 0 Å². The minimum atomic E-state index is -1.35. The van der Waals surface area contributed by atoms with E-state index >= 15 is 0 Å². The summed E-state index contributed by atoms with van der Waals surface area (Å²) in [6, 6.07) is -4.54. The molecule has 0 saturated heterocycles. The van der Waals surface area contributed by atoms with E-state index in [4.69, 9.17) is 17.2 Å². The van der Waals surface area contributed by atoms with Crippen LogP contribution in [-0.4, -0.2) is 76.7 Å². The van der Waals surface area contributed by atoms with Crippen molar-refractivity contribution in [2.45, 2.75) is 90.6 Å². The maximum absolute atomic E-state index is 13.0. The molecule has 6 unspecified atom stereocenters. The van der Waals surface area contributed by atoms with Gasteiger partial charge in [0, 0.05) is 6.54 Å². The summed E-state index contributed by atoms with van der Waals surface area (Å²) in [6.45, 7) is 8.84. The topological polar surface area (TPSA) is 235 Å². The molecule has 0 saturated carbocycles. The van der Waals surface area contributed by atoms with Crippen molar-refractivity contribution in [2.24, 2.45) is 34.0 Å². The number of hydrogen-bond acceptors (Lipinski definition) is 7. The molecule has 13 nitrogen and oxygen atoms in total. The normalized spacial score (nSPS) is 16.2. The molecule has 0 radical (unpaired) electrons. The fraction of sp³-hybridized carbons (Fsp3) is 0.773. The van der Waals surface area contributed by atoms with Gasteiger partial charge in [-0.05, 0) is 38.0 Å². The monoisotopic (exact) mass is 501 g/mol. The number of nitrogens with two attached hydrogens (primary N) is 3. The maximum Gasteiger partial charge on any atom is 0.326 e. The first kappa shape index (κ1) is 32.1. The van der Waals surface area contributed by atoms with Gasteiger partial charge >= 0.3 is 5.97 Å². The number of carbonyl (C=O) groups is 4. The van der Waals surface area contributed by atoms with E-state index in [-0.39, 0.29) is 30.8 Å². The van der Waals surface area contributed by atoms with E-state index in [9.17, 15) is 29.4 Å². The molecule has 6 atom stereocenters. The van der Waals surface area contributed by atoms with Crippen molar-refractivity contribution < 1.29 is 29.4 Å². The van der Waals surface area contributed by atoms with Crippen molar-refractivity contribution in [1.82, 2.24) is 16.0 Å². The molecule has 0 aromatic heterocycles. The van der Waals surface area contributed by atoms with Crippen LogP contribution in [0, 0.1) is 11.8 Å². The summed E-state index contributed by atoms with van der Waals surface area (Å²) >= 11 is 0. The van der Waals surface area contributed by atoms with Gasteiger partial charge in [-0.3, -0.25) is 19.4 Å². The lowest BCUT2D eigenvalue weighted by Gasteiger charge is -2.29. The molecule has 0 fully saturated rings. The van der Waals surface area contributed by atoms with Gasteiger partial charge in [0.25, 0.3) is 0 Å². The first-order valence-corrected chi connectivity index (χ1v) is 11.8.